The maximum absolute atomic E-state index is 7.94. The molecule has 0 aliphatic heterocycles. The van der Waals surface area contributed by atoms with Gasteiger partial charge in [-0.2, -0.15) is 0 Å². The van der Waals surface area contributed by atoms with Crippen LogP contribution in [-0.4, -0.2) is 18.9 Å². The van der Waals surface area contributed by atoms with Gasteiger partial charge in [-0.25, -0.2) is 0 Å². The van der Waals surface area contributed by atoms with Crippen molar-refractivity contribution < 1.29 is 52.8 Å². The van der Waals surface area contributed by atoms with E-state index in [2.05, 4.69) is 15.7 Å². The van der Waals surface area contributed by atoms with Crippen LogP contribution in [0, 0.1) is 0 Å². The summed E-state index contributed by atoms with van der Waals surface area (Å²) >= 11 is 2.31. The Bertz CT molecular complexity index is 9.61. The molecule has 0 aromatic heterocycles. The van der Waals surface area contributed by atoms with Gasteiger partial charge in [0, 0.05) is 33.3 Å². The topological polar surface area (TPSA) is 17.1 Å². The molecule has 0 spiro atoms. The maximum atomic E-state index is 7.94. The average Bonchev–Trinajstić information content (AvgIpc) is 1.00. The van der Waals surface area contributed by atoms with Crippen LogP contribution in [0.2, 0.25) is 0 Å². The quantitative estimate of drug-likeness (QED) is 0.469. The van der Waals surface area contributed by atoms with E-state index in [1.165, 1.54) is 0 Å². The minimum atomic E-state index is 0. The molecule has 0 fully saturated rings. The molecule has 5 heavy (non-hydrogen) atoms. The van der Waals surface area contributed by atoms with Crippen LogP contribution < -0.4 is 0 Å². The molecule has 0 aromatic carbocycles. The van der Waals surface area contributed by atoms with Crippen molar-refractivity contribution >= 4 is 18.9 Å². The van der Waals surface area contributed by atoms with Gasteiger partial charge in [-0.05, 0) is 0 Å². The summed E-state index contributed by atoms with van der Waals surface area (Å²) < 4.78 is 7.94. The second-order valence-electron chi connectivity index (χ2n) is 0. The van der Waals surface area contributed by atoms with Crippen LogP contribution in [0.3, 0.4) is 0 Å². The molecule has 0 aliphatic carbocycles. The van der Waals surface area contributed by atoms with Gasteiger partial charge in [0.15, 0.2) is 0 Å². The Kier molecular flexibility index (Phi) is 224. The summed E-state index contributed by atoms with van der Waals surface area (Å²) in [4.78, 5) is 0. The number of rotatable bonds is 0. The van der Waals surface area contributed by atoms with Crippen LogP contribution in [0.25, 0.3) is 0 Å². The molecule has 0 N–H and O–H groups in total. The van der Waals surface area contributed by atoms with Crippen LogP contribution in [0.4, 0.5) is 0 Å². The summed E-state index contributed by atoms with van der Waals surface area (Å²) in [6.45, 7) is 0. The van der Waals surface area contributed by atoms with E-state index in [9.17, 15) is 0 Å². The Morgan fingerprint density at radius 2 is 1.20 bits per heavy atom. The molecule has 0 saturated heterocycles. The molecule has 0 aromatic rings. The van der Waals surface area contributed by atoms with Crippen molar-refractivity contribution in [1.82, 2.24) is 0 Å². The number of hydrogen-bond acceptors (Lipinski definition) is 1. The molecule has 0 unspecified atom stereocenters. The van der Waals surface area contributed by atoms with Gasteiger partial charge in [-0.15, -0.1) is 0 Å². The Hall–Kier alpha value is 1.90. The van der Waals surface area contributed by atoms with Crippen LogP contribution in [0.5, 0.6) is 0 Å². The van der Waals surface area contributed by atoms with Gasteiger partial charge in [0.25, 0.3) is 0 Å². The van der Waals surface area contributed by atoms with Crippen LogP contribution in [0.15, 0.2) is 0 Å². The molecule has 0 aliphatic rings. The monoisotopic (exact) mass is 200 g/mol. The van der Waals surface area contributed by atoms with E-state index in [4.69, 9.17) is 3.87 Å². The second kappa shape index (κ2) is 39.2. The van der Waals surface area contributed by atoms with E-state index < -0.39 is 0 Å². The Labute approximate surface area is 71.1 Å². The minimum absolute atomic E-state index is 0. The third-order valence-corrected chi connectivity index (χ3v) is 0. The normalized spacial score (nSPS) is 1.00. The first-order chi connectivity index (χ1) is 1.00. The van der Waals surface area contributed by atoms with Crippen molar-refractivity contribution in [2.45, 2.75) is 0 Å². The summed E-state index contributed by atoms with van der Waals surface area (Å²) in [6.07, 6.45) is 0. The fourth-order valence-electron chi connectivity index (χ4n) is 0. The Morgan fingerprint density at radius 1 is 1.20 bits per heavy atom. The van der Waals surface area contributed by atoms with Crippen molar-refractivity contribution in [2.75, 3.05) is 0 Å². The summed E-state index contributed by atoms with van der Waals surface area (Å²) in [5, 5.41) is 0. The first kappa shape index (κ1) is 28.5. The zero-order valence-corrected chi connectivity index (χ0v) is 4.46. The average molecular weight is 201 g/mol. The molecule has 1 nitrogen and oxygen atoms in total. The van der Waals surface area contributed by atoms with Crippen molar-refractivity contribution in [1.29, 1.82) is 0 Å². The van der Waals surface area contributed by atoms with Crippen molar-refractivity contribution in [2.24, 2.45) is 0 Å². The summed E-state index contributed by atoms with van der Waals surface area (Å²) in [6, 6.07) is 0. The van der Waals surface area contributed by atoms with Gasteiger partial charge in [-0.1, -0.05) is 0 Å². The van der Waals surface area contributed by atoms with Crippen LogP contribution >= 0.6 is 0 Å². The molecular formula is HCo2LiNiO. The zero-order valence-electron chi connectivity index (χ0n) is 1.39. The van der Waals surface area contributed by atoms with E-state index >= 15 is 0 Å². The molecule has 1 radical (unpaired) electrons. The predicted octanol–water partition coefficient (Wildman–Crippen LogP) is -0.775. The van der Waals surface area contributed by atoms with Crippen molar-refractivity contribution in [3.63, 3.8) is 0 Å². The molecular weight excluding hydrogens is 199 g/mol. The van der Waals surface area contributed by atoms with E-state index in [1.54, 1.807) is 0 Å². The fraction of sp³-hybridized carbons (Fsp3) is 0. The van der Waals surface area contributed by atoms with Gasteiger partial charge < -0.3 is 0 Å². The fourth-order valence-corrected chi connectivity index (χ4v) is 0. The second-order valence-corrected chi connectivity index (χ2v) is 0. The van der Waals surface area contributed by atoms with E-state index in [0.717, 1.165) is 0 Å². The Balaban J connectivity index is -0.00000000167. The van der Waals surface area contributed by atoms with Gasteiger partial charge in [-0.3, -0.25) is 0 Å². The van der Waals surface area contributed by atoms with Crippen LogP contribution in [0.1, 0.15) is 0 Å². The number of hydrogen-bond donors (Lipinski definition) is 0. The van der Waals surface area contributed by atoms with E-state index in [1.807, 2.05) is 0 Å². The van der Waals surface area contributed by atoms with E-state index in [-0.39, 0.29) is 52.1 Å². The van der Waals surface area contributed by atoms with Crippen LogP contribution in [-0.2, 0) is 52.8 Å². The molecule has 5 heteroatoms. The van der Waals surface area contributed by atoms with Gasteiger partial charge in [0.2, 0.25) is 0 Å². The summed E-state index contributed by atoms with van der Waals surface area (Å²) in [7, 11) is 0. The first-order valence-corrected chi connectivity index (χ1v) is 0.561. The molecule has 0 amide bonds. The van der Waals surface area contributed by atoms with Gasteiger partial charge in [0.1, 0.15) is 0 Å². The summed E-state index contributed by atoms with van der Waals surface area (Å²) in [5.41, 5.74) is 0. The van der Waals surface area contributed by atoms with Crippen molar-refractivity contribution in [3.8, 4) is 0 Å². The molecule has 0 rings (SSSR count). The predicted molar refractivity (Wildman–Crippen MR) is 7.84 cm³/mol. The van der Waals surface area contributed by atoms with Gasteiger partial charge >= 0.3 is 38.4 Å². The molecule has 36 valence electrons. The molecule has 0 saturated carbocycles. The Morgan fingerprint density at radius 3 is 1.20 bits per heavy atom. The summed E-state index contributed by atoms with van der Waals surface area (Å²) in [5.74, 6) is 0. The first-order valence-electron chi connectivity index (χ1n) is 0.136. The third-order valence-electron chi connectivity index (χ3n) is 0. The zero-order chi connectivity index (χ0) is 2.00. The molecule has 0 bridgehead atoms. The standard InChI is InChI=1S/2Co.Li.Ni.O.H. The molecule has 0 atom stereocenters. The third kappa shape index (κ3) is 24.8. The SMILES string of the molecule is [Co].[LiH].[Ni].[O]=[Co]. The van der Waals surface area contributed by atoms with E-state index in [0.29, 0.717) is 0 Å². The van der Waals surface area contributed by atoms with Gasteiger partial charge in [0.05, 0.1) is 0 Å². The molecule has 0 heterocycles. The van der Waals surface area contributed by atoms with Crippen molar-refractivity contribution in [3.05, 3.63) is 0 Å².